The van der Waals surface area contributed by atoms with Crippen LogP contribution in [0.25, 0.3) is 0 Å². The van der Waals surface area contributed by atoms with Crippen molar-refractivity contribution in [2.45, 2.75) is 32.0 Å². The number of hydrogen-bond acceptors (Lipinski definition) is 3. The van der Waals surface area contributed by atoms with Crippen LogP contribution in [-0.4, -0.2) is 18.0 Å². The van der Waals surface area contributed by atoms with Gasteiger partial charge in [-0.05, 0) is 23.6 Å². The van der Waals surface area contributed by atoms with E-state index in [9.17, 15) is 9.59 Å². The quantitative estimate of drug-likeness (QED) is 0.909. The summed E-state index contributed by atoms with van der Waals surface area (Å²) in [6.45, 7) is 2.19. The number of rotatable bonds is 4. The highest BCUT2D eigenvalue weighted by Crippen LogP contribution is 2.27. The minimum Gasteiger partial charge on any atom is -0.445 e. The van der Waals surface area contributed by atoms with E-state index < -0.39 is 6.09 Å². The molecule has 2 amide bonds. The van der Waals surface area contributed by atoms with Crippen LogP contribution in [0.3, 0.4) is 0 Å². The molecular formula is C19H20N2O3. The van der Waals surface area contributed by atoms with E-state index in [0.29, 0.717) is 0 Å². The third-order valence-electron chi connectivity index (χ3n) is 4.16. The maximum absolute atomic E-state index is 12.1. The van der Waals surface area contributed by atoms with Crippen LogP contribution in [0.4, 0.5) is 4.79 Å². The lowest BCUT2D eigenvalue weighted by atomic mass is 9.97. The number of amides is 2. The minimum atomic E-state index is -0.515. The molecule has 2 N–H and O–H groups in total. The van der Waals surface area contributed by atoms with E-state index >= 15 is 0 Å². The van der Waals surface area contributed by atoms with Crippen molar-refractivity contribution in [2.75, 3.05) is 0 Å². The van der Waals surface area contributed by atoms with Gasteiger partial charge in [0.15, 0.2) is 0 Å². The van der Waals surface area contributed by atoms with Gasteiger partial charge in [-0.1, -0.05) is 54.6 Å². The van der Waals surface area contributed by atoms with Gasteiger partial charge < -0.3 is 15.4 Å². The van der Waals surface area contributed by atoms with Crippen molar-refractivity contribution < 1.29 is 14.3 Å². The maximum Gasteiger partial charge on any atom is 0.407 e. The first kappa shape index (κ1) is 16.1. The van der Waals surface area contributed by atoms with Crippen LogP contribution < -0.4 is 10.6 Å². The fourth-order valence-electron chi connectivity index (χ4n) is 2.93. The van der Waals surface area contributed by atoms with E-state index in [1.54, 1.807) is 0 Å². The van der Waals surface area contributed by atoms with Crippen LogP contribution in [0.5, 0.6) is 0 Å². The van der Waals surface area contributed by atoms with Crippen molar-refractivity contribution in [2.24, 2.45) is 0 Å². The van der Waals surface area contributed by atoms with E-state index in [0.717, 1.165) is 16.7 Å². The van der Waals surface area contributed by atoms with Crippen LogP contribution in [0.2, 0.25) is 0 Å². The number of aryl methyl sites for hydroxylation is 1. The highest BCUT2D eigenvalue weighted by atomic mass is 16.5. The second kappa shape index (κ2) is 7.17. The van der Waals surface area contributed by atoms with Crippen molar-refractivity contribution in [3.05, 3.63) is 71.3 Å². The summed E-state index contributed by atoms with van der Waals surface area (Å²) in [5.41, 5.74) is 3.01. The fourth-order valence-corrected chi connectivity index (χ4v) is 2.93. The highest BCUT2D eigenvalue weighted by Gasteiger charge is 2.35. The Kier molecular flexibility index (Phi) is 4.79. The molecule has 1 fully saturated rings. The predicted octanol–water partition coefficient (Wildman–Crippen LogP) is 2.85. The van der Waals surface area contributed by atoms with Crippen LogP contribution in [-0.2, 0) is 16.1 Å². The van der Waals surface area contributed by atoms with Crippen molar-refractivity contribution in [3.63, 3.8) is 0 Å². The first-order chi connectivity index (χ1) is 11.6. The molecule has 0 bridgehead atoms. The molecule has 5 nitrogen and oxygen atoms in total. The van der Waals surface area contributed by atoms with Gasteiger partial charge in [0, 0.05) is 6.42 Å². The summed E-state index contributed by atoms with van der Waals surface area (Å²) in [5.74, 6) is -0.0726. The minimum absolute atomic E-state index is 0.0726. The van der Waals surface area contributed by atoms with Gasteiger partial charge in [0.1, 0.15) is 6.61 Å². The second-order valence-corrected chi connectivity index (χ2v) is 5.92. The third kappa shape index (κ3) is 3.74. The monoisotopic (exact) mass is 324 g/mol. The molecule has 3 rings (SSSR count). The van der Waals surface area contributed by atoms with E-state index in [4.69, 9.17) is 4.74 Å². The summed E-state index contributed by atoms with van der Waals surface area (Å²) < 4.78 is 5.25. The summed E-state index contributed by atoms with van der Waals surface area (Å²) in [6.07, 6.45) is -0.265. The van der Waals surface area contributed by atoms with E-state index in [-0.39, 0.29) is 31.0 Å². The zero-order valence-electron chi connectivity index (χ0n) is 13.5. The molecule has 5 heteroatoms. The van der Waals surface area contributed by atoms with Crippen LogP contribution in [0.1, 0.15) is 29.2 Å². The van der Waals surface area contributed by atoms with Gasteiger partial charge in [-0.25, -0.2) is 4.79 Å². The predicted molar refractivity (Wildman–Crippen MR) is 90.2 cm³/mol. The molecule has 1 heterocycles. The number of carbonyl (C=O) groups is 2. The van der Waals surface area contributed by atoms with E-state index in [1.807, 2.05) is 61.5 Å². The zero-order valence-corrected chi connectivity index (χ0v) is 13.5. The average Bonchev–Trinajstić information content (AvgIpc) is 2.94. The molecule has 1 aliphatic heterocycles. The molecule has 2 atom stereocenters. The molecule has 24 heavy (non-hydrogen) atoms. The largest absolute Gasteiger partial charge is 0.445 e. The Morgan fingerprint density at radius 3 is 2.62 bits per heavy atom. The molecule has 1 aliphatic rings. The first-order valence-corrected chi connectivity index (χ1v) is 7.95. The Labute approximate surface area is 141 Å². The number of carbonyl (C=O) groups excluding carboxylic acids is 2. The number of nitrogens with one attached hydrogen (secondary N) is 2. The summed E-state index contributed by atoms with van der Waals surface area (Å²) in [6, 6.07) is 16.8. The summed E-state index contributed by atoms with van der Waals surface area (Å²) >= 11 is 0. The van der Waals surface area contributed by atoms with Crippen molar-refractivity contribution in [1.82, 2.24) is 10.6 Å². The molecule has 1 unspecified atom stereocenters. The van der Waals surface area contributed by atoms with Crippen molar-refractivity contribution >= 4 is 12.0 Å². The zero-order chi connectivity index (χ0) is 16.9. The van der Waals surface area contributed by atoms with Crippen molar-refractivity contribution in [3.8, 4) is 0 Å². The Morgan fingerprint density at radius 2 is 1.88 bits per heavy atom. The SMILES string of the molecule is Cc1ccccc1[C@H]1NC(=O)CC1NC(=O)OCc1ccccc1. The molecule has 2 aromatic carbocycles. The van der Waals surface area contributed by atoms with Gasteiger partial charge in [0.05, 0.1) is 12.1 Å². The Balaban J connectivity index is 1.63. The van der Waals surface area contributed by atoms with Gasteiger partial charge >= 0.3 is 6.09 Å². The molecule has 0 saturated carbocycles. The smallest absolute Gasteiger partial charge is 0.407 e. The standard InChI is InChI=1S/C19H20N2O3/c1-13-7-5-6-10-15(13)18-16(11-17(22)21-18)20-19(23)24-12-14-8-3-2-4-9-14/h2-10,16,18H,11-12H2,1H3,(H,20,23)(H,21,22)/t16?,18-/m1/s1. The third-order valence-corrected chi connectivity index (χ3v) is 4.16. The molecule has 2 aromatic rings. The van der Waals surface area contributed by atoms with E-state index in [2.05, 4.69) is 10.6 Å². The summed E-state index contributed by atoms with van der Waals surface area (Å²) in [7, 11) is 0. The highest BCUT2D eigenvalue weighted by molar-refractivity contribution is 5.81. The number of alkyl carbamates (subject to hydrolysis) is 1. The van der Waals surface area contributed by atoms with Gasteiger partial charge in [0.25, 0.3) is 0 Å². The van der Waals surface area contributed by atoms with Gasteiger partial charge in [-0.2, -0.15) is 0 Å². The van der Waals surface area contributed by atoms with Gasteiger partial charge in [-0.15, -0.1) is 0 Å². The molecule has 0 spiro atoms. The molecule has 1 saturated heterocycles. The summed E-state index contributed by atoms with van der Waals surface area (Å²) in [5, 5.41) is 5.74. The van der Waals surface area contributed by atoms with Crippen LogP contribution in [0, 0.1) is 6.92 Å². The fraction of sp³-hybridized carbons (Fsp3) is 0.263. The lowest BCUT2D eigenvalue weighted by molar-refractivity contribution is -0.119. The summed E-state index contributed by atoms with van der Waals surface area (Å²) in [4.78, 5) is 23.9. The average molecular weight is 324 g/mol. The maximum atomic E-state index is 12.1. The van der Waals surface area contributed by atoms with Gasteiger partial charge in [0.2, 0.25) is 5.91 Å². The first-order valence-electron chi connectivity index (χ1n) is 7.95. The normalized spacial score (nSPS) is 19.6. The van der Waals surface area contributed by atoms with Crippen molar-refractivity contribution in [1.29, 1.82) is 0 Å². The molecule has 0 aromatic heterocycles. The number of ether oxygens (including phenoxy) is 1. The van der Waals surface area contributed by atoms with Gasteiger partial charge in [-0.3, -0.25) is 4.79 Å². The molecule has 0 radical (unpaired) electrons. The molecular weight excluding hydrogens is 304 g/mol. The van der Waals surface area contributed by atoms with Crippen LogP contribution >= 0.6 is 0 Å². The topological polar surface area (TPSA) is 67.4 Å². The molecule has 124 valence electrons. The Bertz CT molecular complexity index is 730. The van der Waals surface area contributed by atoms with E-state index in [1.165, 1.54) is 0 Å². The number of benzene rings is 2. The Hall–Kier alpha value is -2.82. The lowest BCUT2D eigenvalue weighted by Gasteiger charge is -2.21. The van der Waals surface area contributed by atoms with Crippen LogP contribution in [0.15, 0.2) is 54.6 Å². The lowest BCUT2D eigenvalue weighted by Crippen LogP contribution is -2.39. The second-order valence-electron chi connectivity index (χ2n) is 5.92. The molecule has 0 aliphatic carbocycles. The number of hydrogen-bond donors (Lipinski definition) is 2. The Morgan fingerprint density at radius 1 is 1.17 bits per heavy atom.